The highest BCUT2D eigenvalue weighted by molar-refractivity contribution is 5.74. The van der Waals surface area contributed by atoms with Crippen LogP contribution < -0.4 is 4.74 Å². The monoisotopic (exact) mass is 537 g/mol. The lowest BCUT2D eigenvalue weighted by molar-refractivity contribution is -0.192. The number of rotatable bonds is 7. The Morgan fingerprint density at radius 1 is 0.947 bits per heavy atom. The minimum absolute atomic E-state index is 0.335. The summed E-state index contributed by atoms with van der Waals surface area (Å²) in [6.07, 6.45) is -3.49. The van der Waals surface area contributed by atoms with E-state index in [1.807, 2.05) is 29.2 Å². The molecule has 1 heterocycles. The molecule has 1 saturated heterocycles. The molecule has 0 spiro atoms. The summed E-state index contributed by atoms with van der Waals surface area (Å²) in [7, 11) is 0. The maximum Gasteiger partial charge on any atom is 0.490 e. The minimum Gasteiger partial charge on any atom is -0.489 e. The molecule has 0 aromatic heterocycles. The third-order valence-electron chi connectivity index (χ3n) is 5.77. The molecule has 3 aromatic rings. The number of hydrogen-bond donors (Lipinski definition) is 2. The van der Waals surface area contributed by atoms with Crippen LogP contribution in [0.1, 0.15) is 24.0 Å². The Morgan fingerprint density at radius 3 is 2.21 bits per heavy atom. The third kappa shape index (κ3) is 8.01. The van der Waals surface area contributed by atoms with E-state index in [0.29, 0.717) is 36.4 Å². The van der Waals surface area contributed by atoms with Crippen LogP contribution in [0.15, 0.2) is 66.7 Å². The third-order valence-corrected chi connectivity index (χ3v) is 5.77. The number of benzene rings is 3. The van der Waals surface area contributed by atoms with Gasteiger partial charge in [0.2, 0.25) is 0 Å². The molecular formula is C27H24F5NO5. The van der Waals surface area contributed by atoms with E-state index in [2.05, 4.69) is 0 Å². The van der Waals surface area contributed by atoms with Crippen molar-refractivity contribution in [1.82, 2.24) is 4.90 Å². The highest BCUT2D eigenvalue weighted by Crippen LogP contribution is 2.26. The first-order valence-electron chi connectivity index (χ1n) is 11.5. The van der Waals surface area contributed by atoms with E-state index in [0.717, 1.165) is 30.2 Å². The van der Waals surface area contributed by atoms with Gasteiger partial charge in [0.15, 0.2) is 0 Å². The Hall–Kier alpha value is -3.99. The van der Waals surface area contributed by atoms with E-state index in [9.17, 15) is 31.9 Å². The summed E-state index contributed by atoms with van der Waals surface area (Å²) in [5.74, 6) is -4.09. The largest absolute Gasteiger partial charge is 0.490 e. The predicted molar refractivity (Wildman–Crippen MR) is 127 cm³/mol. The topological polar surface area (TPSA) is 87.1 Å². The van der Waals surface area contributed by atoms with Gasteiger partial charge in [0.25, 0.3) is 0 Å². The van der Waals surface area contributed by atoms with E-state index in [1.54, 1.807) is 24.3 Å². The van der Waals surface area contributed by atoms with Crippen LogP contribution in [0.4, 0.5) is 22.0 Å². The van der Waals surface area contributed by atoms with Crippen molar-refractivity contribution in [2.75, 3.05) is 6.54 Å². The molecule has 0 aliphatic carbocycles. The highest BCUT2D eigenvalue weighted by Gasteiger charge is 2.38. The Kier molecular flexibility index (Phi) is 9.40. The smallest absolute Gasteiger partial charge is 0.489 e. The van der Waals surface area contributed by atoms with Gasteiger partial charge >= 0.3 is 18.1 Å². The summed E-state index contributed by atoms with van der Waals surface area (Å²) in [5, 5.41) is 16.5. The number of carbonyl (C=O) groups is 2. The normalized spacial score (nSPS) is 15.4. The second-order valence-corrected chi connectivity index (χ2v) is 8.53. The van der Waals surface area contributed by atoms with Crippen molar-refractivity contribution in [3.05, 3.63) is 89.5 Å². The second-order valence-electron chi connectivity index (χ2n) is 8.53. The summed E-state index contributed by atoms with van der Waals surface area (Å²) in [6, 6.07) is 18.0. The molecule has 38 heavy (non-hydrogen) atoms. The zero-order chi connectivity index (χ0) is 27.9. The van der Waals surface area contributed by atoms with Gasteiger partial charge in [-0.25, -0.2) is 13.6 Å². The van der Waals surface area contributed by atoms with E-state index >= 15 is 0 Å². The number of carboxylic acid groups (broad SMARTS) is 2. The molecule has 6 nitrogen and oxygen atoms in total. The zero-order valence-electron chi connectivity index (χ0n) is 19.9. The number of hydrogen-bond acceptors (Lipinski definition) is 4. The van der Waals surface area contributed by atoms with Crippen molar-refractivity contribution >= 4 is 11.9 Å². The van der Waals surface area contributed by atoms with Crippen LogP contribution >= 0.6 is 0 Å². The van der Waals surface area contributed by atoms with Gasteiger partial charge in [-0.05, 0) is 60.3 Å². The molecule has 1 unspecified atom stereocenters. The average molecular weight is 537 g/mol. The number of aliphatic carboxylic acids is 2. The summed E-state index contributed by atoms with van der Waals surface area (Å²) < 4.78 is 64.6. The Morgan fingerprint density at radius 2 is 1.61 bits per heavy atom. The first kappa shape index (κ1) is 28.6. The highest BCUT2D eigenvalue weighted by atomic mass is 19.4. The van der Waals surface area contributed by atoms with Gasteiger partial charge in [0.1, 0.15) is 30.0 Å². The van der Waals surface area contributed by atoms with Crippen molar-refractivity contribution in [1.29, 1.82) is 0 Å². The first-order valence-corrected chi connectivity index (χ1v) is 11.5. The van der Waals surface area contributed by atoms with Crippen molar-refractivity contribution < 1.29 is 46.5 Å². The fourth-order valence-corrected chi connectivity index (χ4v) is 3.97. The van der Waals surface area contributed by atoms with Gasteiger partial charge in [0, 0.05) is 18.2 Å². The summed E-state index contributed by atoms with van der Waals surface area (Å²) in [5.41, 5.74) is 3.02. The molecule has 0 bridgehead atoms. The Bertz CT molecular complexity index is 1260. The summed E-state index contributed by atoms with van der Waals surface area (Å²) in [6.45, 7) is 1.75. The number of ether oxygens (including phenoxy) is 1. The molecule has 1 aliphatic heterocycles. The van der Waals surface area contributed by atoms with Crippen LogP contribution in [0, 0.1) is 11.6 Å². The van der Waals surface area contributed by atoms with E-state index in [4.69, 9.17) is 14.6 Å². The first-order chi connectivity index (χ1) is 17.9. The lowest BCUT2D eigenvalue weighted by atomic mass is 10.1. The summed E-state index contributed by atoms with van der Waals surface area (Å²) in [4.78, 5) is 22.3. The number of carboxylic acids is 2. The SMILES string of the molecule is O=C(O)C(F)(F)F.O=C(O)C1CCCN1Cc1cccc(COc2ccc(-c3ccc(F)cc3F)cc2)c1. The molecule has 1 aliphatic rings. The van der Waals surface area contributed by atoms with Crippen LogP contribution in [0.2, 0.25) is 0 Å². The molecule has 3 aromatic carbocycles. The molecule has 4 rings (SSSR count). The molecule has 0 radical (unpaired) electrons. The number of likely N-dealkylation sites (tertiary alicyclic amines) is 1. The second kappa shape index (κ2) is 12.5. The van der Waals surface area contributed by atoms with Crippen molar-refractivity contribution in [3.8, 4) is 16.9 Å². The molecule has 2 N–H and O–H groups in total. The fourth-order valence-electron chi connectivity index (χ4n) is 3.97. The quantitative estimate of drug-likeness (QED) is 0.366. The van der Waals surface area contributed by atoms with Crippen LogP contribution in [-0.4, -0.2) is 45.8 Å². The lowest BCUT2D eigenvalue weighted by Crippen LogP contribution is -2.35. The predicted octanol–water partition coefficient (Wildman–Crippen LogP) is 5.89. The van der Waals surface area contributed by atoms with Crippen LogP contribution in [-0.2, 0) is 22.7 Å². The zero-order valence-corrected chi connectivity index (χ0v) is 19.9. The van der Waals surface area contributed by atoms with E-state index in [1.165, 1.54) is 12.1 Å². The Balaban J connectivity index is 0.000000505. The molecule has 0 saturated carbocycles. The van der Waals surface area contributed by atoms with Crippen molar-refractivity contribution in [2.24, 2.45) is 0 Å². The van der Waals surface area contributed by atoms with Gasteiger partial charge in [-0.1, -0.05) is 36.4 Å². The van der Waals surface area contributed by atoms with Gasteiger partial charge in [-0.3, -0.25) is 9.69 Å². The number of alkyl halides is 3. The maximum atomic E-state index is 14.0. The summed E-state index contributed by atoms with van der Waals surface area (Å²) >= 11 is 0. The Labute approximate surface area is 214 Å². The fraction of sp³-hybridized carbons (Fsp3) is 0.259. The van der Waals surface area contributed by atoms with E-state index in [-0.39, 0.29) is 0 Å². The van der Waals surface area contributed by atoms with Crippen LogP contribution in [0.5, 0.6) is 5.75 Å². The molecule has 11 heteroatoms. The number of nitrogens with zero attached hydrogens (tertiary/aromatic N) is 1. The molecule has 1 fully saturated rings. The lowest BCUT2D eigenvalue weighted by Gasteiger charge is -2.21. The van der Waals surface area contributed by atoms with E-state index < -0.39 is 35.8 Å². The maximum absolute atomic E-state index is 14.0. The van der Waals surface area contributed by atoms with Gasteiger partial charge in [-0.15, -0.1) is 0 Å². The number of halogens is 5. The molecule has 202 valence electrons. The van der Waals surface area contributed by atoms with Crippen LogP contribution in [0.3, 0.4) is 0 Å². The standard InChI is InChI=1S/C25H23F2NO3.C2HF3O2/c26-20-8-11-22(23(27)14-20)19-6-9-21(10-7-19)31-16-18-4-1-3-17(13-18)15-28-12-2-5-24(28)25(29)30;3-2(4,5)1(6)7/h1,3-4,6-11,13-14,24H,2,5,12,15-16H2,(H,29,30);(H,6,7). The molecule has 0 amide bonds. The average Bonchev–Trinajstić information content (AvgIpc) is 3.32. The van der Waals surface area contributed by atoms with Crippen molar-refractivity contribution in [3.63, 3.8) is 0 Å². The molecule has 1 atom stereocenters. The van der Waals surface area contributed by atoms with Gasteiger partial charge < -0.3 is 14.9 Å². The van der Waals surface area contributed by atoms with Gasteiger partial charge in [0.05, 0.1) is 0 Å². The van der Waals surface area contributed by atoms with Crippen molar-refractivity contribution in [2.45, 2.75) is 38.2 Å². The minimum atomic E-state index is -5.08. The molecular weight excluding hydrogens is 513 g/mol. The van der Waals surface area contributed by atoms with Gasteiger partial charge in [-0.2, -0.15) is 13.2 Å². The van der Waals surface area contributed by atoms with Crippen LogP contribution in [0.25, 0.3) is 11.1 Å².